The van der Waals surface area contributed by atoms with E-state index in [-0.39, 0.29) is 0 Å². The summed E-state index contributed by atoms with van der Waals surface area (Å²) in [7, 11) is 2.16. The van der Waals surface area contributed by atoms with Crippen LogP contribution < -0.4 is 5.73 Å². The number of hydrogen-bond donors (Lipinski definition) is 1. The molecule has 0 aliphatic carbocycles. The molecule has 1 aliphatic heterocycles. The molecule has 1 aromatic carbocycles. The second-order valence-corrected chi connectivity index (χ2v) is 6.02. The van der Waals surface area contributed by atoms with Crippen LogP contribution in [0, 0.1) is 0 Å². The Morgan fingerprint density at radius 2 is 2.25 bits per heavy atom. The number of likely N-dealkylation sites (N-methyl/N-ethyl adjacent to an activating group) is 1. The Labute approximate surface area is 122 Å². The van der Waals surface area contributed by atoms with E-state index in [2.05, 4.69) is 42.8 Å². The number of hydrogen-bond acceptors (Lipinski definition) is 4. The summed E-state index contributed by atoms with van der Waals surface area (Å²) in [6.45, 7) is 9.25. The number of nitrogen functional groups attached to an aromatic ring is 1. The van der Waals surface area contributed by atoms with E-state index in [4.69, 9.17) is 10.5 Å². The number of anilines is 1. The minimum atomic E-state index is 0.303. The Morgan fingerprint density at radius 1 is 1.45 bits per heavy atom. The molecule has 4 nitrogen and oxygen atoms in total. The van der Waals surface area contributed by atoms with Crippen LogP contribution in [0.15, 0.2) is 24.3 Å². The molecular formula is C16H27N3O. The molecule has 1 unspecified atom stereocenters. The van der Waals surface area contributed by atoms with E-state index < -0.39 is 0 Å². The number of benzene rings is 1. The quantitative estimate of drug-likeness (QED) is 0.834. The van der Waals surface area contributed by atoms with Crippen molar-refractivity contribution in [1.82, 2.24) is 9.80 Å². The van der Waals surface area contributed by atoms with Crippen LogP contribution in [-0.4, -0.2) is 55.2 Å². The van der Waals surface area contributed by atoms with E-state index in [0.717, 1.165) is 38.5 Å². The van der Waals surface area contributed by atoms with Crippen LogP contribution in [0.3, 0.4) is 0 Å². The molecule has 0 saturated carbocycles. The number of ether oxygens (including phenoxy) is 1. The highest BCUT2D eigenvalue weighted by molar-refractivity contribution is 5.40. The summed E-state index contributed by atoms with van der Waals surface area (Å²) in [4.78, 5) is 4.80. The van der Waals surface area contributed by atoms with Crippen LogP contribution in [0.2, 0.25) is 0 Å². The molecule has 0 aromatic heterocycles. The highest BCUT2D eigenvalue weighted by Gasteiger charge is 2.22. The molecule has 2 N–H and O–H groups in total. The van der Waals surface area contributed by atoms with Crippen molar-refractivity contribution >= 4 is 5.69 Å². The van der Waals surface area contributed by atoms with Crippen molar-refractivity contribution in [1.29, 1.82) is 0 Å². The molecule has 1 saturated heterocycles. The maximum atomic E-state index is 5.88. The van der Waals surface area contributed by atoms with Gasteiger partial charge in [0.1, 0.15) is 0 Å². The van der Waals surface area contributed by atoms with E-state index >= 15 is 0 Å². The van der Waals surface area contributed by atoms with Crippen molar-refractivity contribution in [3.8, 4) is 0 Å². The van der Waals surface area contributed by atoms with E-state index in [0.29, 0.717) is 12.1 Å². The molecule has 1 aliphatic rings. The van der Waals surface area contributed by atoms with Crippen molar-refractivity contribution in [2.45, 2.75) is 32.5 Å². The Kier molecular flexibility index (Phi) is 5.40. The van der Waals surface area contributed by atoms with Gasteiger partial charge in [0, 0.05) is 37.9 Å². The van der Waals surface area contributed by atoms with Crippen LogP contribution in [0.25, 0.3) is 0 Å². The van der Waals surface area contributed by atoms with E-state index in [1.54, 1.807) is 0 Å². The van der Waals surface area contributed by atoms with Crippen molar-refractivity contribution in [2.24, 2.45) is 0 Å². The summed E-state index contributed by atoms with van der Waals surface area (Å²) >= 11 is 0. The molecule has 112 valence electrons. The first-order chi connectivity index (χ1) is 9.54. The lowest BCUT2D eigenvalue weighted by atomic mass is 10.1. The highest BCUT2D eigenvalue weighted by Crippen LogP contribution is 2.14. The first kappa shape index (κ1) is 15.3. The second-order valence-electron chi connectivity index (χ2n) is 6.02. The first-order valence-corrected chi connectivity index (χ1v) is 7.43. The molecule has 20 heavy (non-hydrogen) atoms. The zero-order valence-electron chi connectivity index (χ0n) is 12.9. The van der Waals surface area contributed by atoms with Gasteiger partial charge in [-0.15, -0.1) is 0 Å². The molecule has 0 spiro atoms. The van der Waals surface area contributed by atoms with Gasteiger partial charge in [-0.3, -0.25) is 4.90 Å². The number of morpholine rings is 1. The summed E-state index contributed by atoms with van der Waals surface area (Å²) in [5.41, 5.74) is 7.96. The Bertz CT molecular complexity index is 422. The van der Waals surface area contributed by atoms with Gasteiger partial charge < -0.3 is 15.4 Å². The lowest BCUT2D eigenvalue weighted by Crippen LogP contribution is -2.47. The third-order valence-corrected chi connectivity index (χ3v) is 3.85. The van der Waals surface area contributed by atoms with Gasteiger partial charge in [-0.2, -0.15) is 0 Å². The van der Waals surface area contributed by atoms with Gasteiger partial charge in [-0.25, -0.2) is 0 Å². The predicted molar refractivity (Wildman–Crippen MR) is 83.6 cm³/mol. The maximum Gasteiger partial charge on any atom is 0.0829 e. The van der Waals surface area contributed by atoms with Gasteiger partial charge in [-0.05, 0) is 38.6 Å². The lowest BCUT2D eigenvalue weighted by Gasteiger charge is -2.35. The van der Waals surface area contributed by atoms with Gasteiger partial charge in [0.15, 0.2) is 0 Å². The third kappa shape index (κ3) is 4.47. The zero-order valence-corrected chi connectivity index (χ0v) is 12.9. The largest absolute Gasteiger partial charge is 0.399 e. The zero-order chi connectivity index (χ0) is 14.5. The summed E-state index contributed by atoms with van der Waals surface area (Å²) < 4.78 is 5.88. The monoisotopic (exact) mass is 277 g/mol. The molecule has 2 rings (SSSR count). The summed E-state index contributed by atoms with van der Waals surface area (Å²) in [5.74, 6) is 0. The summed E-state index contributed by atoms with van der Waals surface area (Å²) in [6.07, 6.45) is 0.303. The fourth-order valence-electron chi connectivity index (χ4n) is 2.62. The van der Waals surface area contributed by atoms with E-state index in [1.165, 1.54) is 5.56 Å². The van der Waals surface area contributed by atoms with Crippen molar-refractivity contribution in [3.05, 3.63) is 29.8 Å². The maximum absolute atomic E-state index is 5.88. The fourth-order valence-corrected chi connectivity index (χ4v) is 2.62. The first-order valence-electron chi connectivity index (χ1n) is 7.43. The number of rotatable bonds is 5. The topological polar surface area (TPSA) is 41.7 Å². The molecule has 1 atom stereocenters. The normalized spacial score (nSPS) is 20.8. The van der Waals surface area contributed by atoms with Crippen LogP contribution in [0.1, 0.15) is 19.4 Å². The molecule has 4 heteroatoms. The van der Waals surface area contributed by atoms with Gasteiger partial charge >= 0.3 is 0 Å². The van der Waals surface area contributed by atoms with Gasteiger partial charge in [0.25, 0.3) is 0 Å². The summed E-state index contributed by atoms with van der Waals surface area (Å²) in [6, 6.07) is 8.64. The minimum absolute atomic E-state index is 0.303. The molecule has 0 radical (unpaired) electrons. The molecule has 1 aromatic rings. The SMILES string of the molecule is CC(C)N(Cc1cccc(N)c1)CC1CN(C)CCO1. The van der Waals surface area contributed by atoms with Crippen molar-refractivity contribution in [2.75, 3.05) is 39.0 Å². The van der Waals surface area contributed by atoms with Gasteiger partial charge in [0.2, 0.25) is 0 Å². The average Bonchev–Trinajstić information content (AvgIpc) is 2.38. The molecule has 1 fully saturated rings. The Morgan fingerprint density at radius 3 is 2.90 bits per heavy atom. The van der Waals surface area contributed by atoms with Crippen LogP contribution in [0.4, 0.5) is 5.69 Å². The molecule has 0 bridgehead atoms. The molecular weight excluding hydrogens is 250 g/mol. The highest BCUT2D eigenvalue weighted by atomic mass is 16.5. The molecule has 0 amide bonds. The van der Waals surface area contributed by atoms with E-state index in [9.17, 15) is 0 Å². The summed E-state index contributed by atoms with van der Waals surface area (Å²) in [5, 5.41) is 0. The Hall–Kier alpha value is -1.10. The Balaban J connectivity index is 1.96. The minimum Gasteiger partial charge on any atom is -0.399 e. The molecule has 1 heterocycles. The van der Waals surface area contributed by atoms with Gasteiger partial charge in [0.05, 0.1) is 12.7 Å². The van der Waals surface area contributed by atoms with Crippen LogP contribution >= 0.6 is 0 Å². The number of nitrogens with zero attached hydrogens (tertiary/aromatic N) is 2. The van der Waals surface area contributed by atoms with Crippen molar-refractivity contribution in [3.63, 3.8) is 0 Å². The lowest BCUT2D eigenvalue weighted by molar-refractivity contribution is -0.0409. The average molecular weight is 277 g/mol. The van der Waals surface area contributed by atoms with Crippen LogP contribution in [-0.2, 0) is 11.3 Å². The smallest absolute Gasteiger partial charge is 0.0829 e. The van der Waals surface area contributed by atoms with Gasteiger partial charge in [-0.1, -0.05) is 12.1 Å². The third-order valence-electron chi connectivity index (χ3n) is 3.85. The predicted octanol–water partition coefficient (Wildman–Crippen LogP) is 1.81. The standard InChI is InChI=1S/C16H27N3O/c1-13(2)19(10-14-5-4-6-15(17)9-14)12-16-11-18(3)7-8-20-16/h4-6,9,13,16H,7-8,10-12,17H2,1-3H3. The number of nitrogens with two attached hydrogens (primary N) is 1. The fraction of sp³-hybridized carbons (Fsp3) is 0.625. The van der Waals surface area contributed by atoms with Crippen molar-refractivity contribution < 1.29 is 4.74 Å². The van der Waals surface area contributed by atoms with E-state index in [1.807, 2.05) is 12.1 Å². The second kappa shape index (κ2) is 7.07. The van der Waals surface area contributed by atoms with Crippen LogP contribution in [0.5, 0.6) is 0 Å².